The molecule has 1 saturated carbocycles. The van der Waals surface area contributed by atoms with E-state index in [1.807, 2.05) is 61.6 Å². The summed E-state index contributed by atoms with van der Waals surface area (Å²) >= 11 is 0. The molecule has 1 aromatic heterocycles. The van der Waals surface area contributed by atoms with Crippen molar-refractivity contribution >= 4 is 24.4 Å². The molecule has 1 aliphatic carbocycles. The third-order valence-corrected chi connectivity index (χ3v) is 6.46. The number of pyridine rings is 1. The van der Waals surface area contributed by atoms with Crippen LogP contribution in [0.2, 0.25) is 0 Å². The fourth-order valence-corrected chi connectivity index (χ4v) is 4.04. The Morgan fingerprint density at radius 3 is 2.43 bits per heavy atom. The molecule has 1 aromatic rings. The first-order valence-electron chi connectivity index (χ1n) is 10.2. The fraction of sp³-hybridized carbons (Fsp3) is 0.714. The lowest BCUT2D eigenvalue weighted by Crippen LogP contribution is -2.43. The standard InChI is InChI=1S/C21H31BN2O4/c1-12-15(22-27-20(5,6)21(7,8)28-22)10-23-16-14-9-13(14)11-24(17(12)16)18(25)26-19(2,3)4/h10,13-14H,9,11H2,1-8H3. The van der Waals surface area contributed by atoms with Crippen LogP contribution in [0.5, 0.6) is 0 Å². The van der Waals surface area contributed by atoms with Gasteiger partial charge in [-0.1, -0.05) is 0 Å². The minimum absolute atomic E-state index is 0.310. The number of carbonyl (C=O) groups is 1. The third kappa shape index (κ3) is 3.13. The Balaban J connectivity index is 1.72. The largest absolute Gasteiger partial charge is 0.496 e. The van der Waals surface area contributed by atoms with Gasteiger partial charge in [-0.15, -0.1) is 0 Å². The minimum Gasteiger partial charge on any atom is -0.443 e. The lowest BCUT2D eigenvalue weighted by molar-refractivity contribution is 0.00578. The van der Waals surface area contributed by atoms with E-state index in [1.165, 1.54) is 0 Å². The lowest BCUT2D eigenvalue weighted by Gasteiger charge is -2.32. The van der Waals surface area contributed by atoms with Crippen LogP contribution in [-0.2, 0) is 14.0 Å². The second kappa shape index (κ2) is 5.96. The van der Waals surface area contributed by atoms with Crippen molar-refractivity contribution in [3.63, 3.8) is 0 Å². The van der Waals surface area contributed by atoms with Gasteiger partial charge in [0.1, 0.15) is 5.60 Å². The molecule has 2 unspecified atom stereocenters. The van der Waals surface area contributed by atoms with Gasteiger partial charge in [0, 0.05) is 24.1 Å². The molecule has 1 saturated heterocycles. The number of carbonyl (C=O) groups excluding carboxylic acids is 1. The maximum absolute atomic E-state index is 12.9. The van der Waals surface area contributed by atoms with Crippen molar-refractivity contribution in [1.82, 2.24) is 4.98 Å². The predicted octanol–water partition coefficient (Wildman–Crippen LogP) is 3.55. The van der Waals surface area contributed by atoms with Crippen molar-refractivity contribution in [3.05, 3.63) is 17.5 Å². The van der Waals surface area contributed by atoms with Gasteiger partial charge in [-0.25, -0.2) is 4.79 Å². The molecule has 2 aliphatic heterocycles. The molecule has 4 rings (SSSR count). The molecule has 2 fully saturated rings. The van der Waals surface area contributed by atoms with E-state index >= 15 is 0 Å². The first kappa shape index (κ1) is 19.7. The number of ether oxygens (including phenoxy) is 1. The first-order valence-corrected chi connectivity index (χ1v) is 10.2. The Morgan fingerprint density at radius 2 is 1.86 bits per heavy atom. The number of aromatic nitrogens is 1. The Bertz CT molecular complexity index is 814. The predicted molar refractivity (Wildman–Crippen MR) is 109 cm³/mol. The van der Waals surface area contributed by atoms with Gasteiger partial charge in [-0.05, 0) is 73.3 Å². The molecule has 3 aliphatic rings. The molecule has 7 heteroatoms. The molecule has 6 nitrogen and oxygen atoms in total. The third-order valence-electron chi connectivity index (χ3n) is 6.46. The fourth-order valence-electron chi connectivity index (χ4n) is 4.04. The maximum Gasteiger partial charge on any atom is 0.496 e. The Morgan fingerprint density at radius 1 is 1.25 bits per heavy atom. The van der Waals surface area contributed by atoms with Crippen LogP contribution in [0.3, 0.4) is 0 Å². The minimum atomic E-state index is -0.539. The summed E-state index contributed by atoms with van der Waals surface area (Å²) in [4.78, 5) is 19.5. The van der Waals surface area contributed by atoms with Gasteiger partial charge in [0.05, 0.1) is 22.6 Å². The lowest BCUT2D eigenvalue weighted by atomic mass is 9.76. The normalized spacial score (nSPS) is 27.3. The van der Waals surface area contributed by atoms with E-state index in [0.717, 1.165) is 28.8 Å². The summed E-state index contributed by atoms with van der Waals surface area (Å²) < 4.78 is 18.2. The zero-order valence-electron chi connectivity index (χ0n) is 18.3. The zero-order chi connectivity index (χ0) is 20.6. The molecule has 0 N–H and O–H groups in total. The number of hydrogen-bond donors (Lipinski definition) is 0. The quantitative estimate of drug-likeness (QED) is 0.691. The van der Waals surface area contributed by atoms with Crippen LogP contribution in [0.1, 0.15) is 72.1 Å². The highest BCUT2D eigenvalue weighted by atomic mass is 16.7. The molecule has 2 atom stereocenters. The first-order chi connectivity index (χ1) is 12.8. The van der Waals surface area contributed by atoms with E-state index in [4.69, 9.17) is 19.0 Å². The topological polar surface area (TPSA) is 60.9 Å². The summed E-state index contributed by atoms with van der Waals surface area (Å²) in [5.41, 5.74) is 2.35. The number of nitrogens with zero attached hydrogens (tertiary/aromatic N) is 2. The van der Waals surface area contributed by atoms with E-state index < -0.39 is 23.9 Å². The van der Waals surface area contributed by atoms with Gasteiger partial charge in [-0.2, -0.15) is 0 Å². The van der Waals surface area contributed by atoms with Gasteiger partial charge >= 0.3 is 13.2 Å². The van der Waals surface area contributed by atoms with Crippen molar-refractivity contribution in [1.29, 1.82) is 0 Å². The molecule has 1 amide bonds. The highest BCUT2D eigenvalue weighted by molar-refractivity contribution is 6.62. The Hall–Kier alpha value is -1.60. The summed E-state index contributed by atoms with van der Waals surface area (Å²) in [5.74, 6) is 0.925. The SMILES string of the molecule is Cc1c(B2OC(C)(C)C(C)(C)O2)cnc2c1N(C(=O)OC(C)(C)C)CC1CC21. The van der Waals surface area contributed by atoms with Crippen molar-refractivity contribution in [2.45, 2.75) is 84.5 Å². The number of fused-ring (bicyclic) bond motifs is 3. The van der Waals surface area contributed by atoms with Gasteiger partial charge in [0.25, 0.3) is 0 Å². The average Bonchev–Trinajstić information content (AvgIpc) is 3.26. The van der Waals surface area contributed by atoms with Crippen LogP contribution in [-0.4, -0.2) is 41.5 Å². The van der Waals surface area contributed by atoms with E-state index in [1.54, 1.807) is 4.90 Å². The van der Waals surface area contributed by atoms with Gasteiger partial charge in [-0.3, -0.25) is 9.88 Å². The van der Waals surface area contributed by atoms with Gasteiger partial charge < -0.3 is 14.0 Å². The van der Waals surface area contributed by atoms with Crippen LogP contribution in [0.15, 0.2) is 6.20 Å². The van der Waals surface area contributed by atoms with E-state index in [9.17, 15) is 4.79 Å². The monoisotopic (exact) mass is 386 g/mol. The molecule has 28 heavy (non-hydrogen) atoms. The molecule has 0 aromatic carbocycles. The average molecular weight is 386 g/mol. The molecule has 3 heterocycles. The number of amides is 1. The van der Waals surface area contributed by atoms with Crippen molar-refractivity contribution < 1.29 is 18.8 Å². The van der Waals surface area contributed by atoms with Crippen molar-refractivity contribution in [2.75, 3.05) is 11.4 Å². The summed E-state index contributed by atoms with van der Waals surface area (Å²) in [6.45, 7) is 16.5. The number of anilines is 1. The van der Waals surface area contributed by atoms with Crippen LogP contribution in [0.25, 0.3) is 0 Å². The van der Waals surface area contributed by atoms with E-state index in [0.29, 0.717) is 18.4 Å². The smallest absolute Gasteiger partial charge is 0.443 e. The highest BCUT2D eigenvalue weighted by Crippen LogP contribution is 2.54. The maximum atomic E-state index is 12.9. The van der Waals surface area contributed by atoms with Gasteiger partial charge in [0.15, 0.2) is 0 Å². The second-order valence-electron chi connectivity index (χ2n) is 10.4. The molecule has 152 valence electrons. The summed E-state index contributed by atoms with van der Waals surface area (Å²) in [6, 6.07) is 0. The Labute approximate surface area is 168 Å². The van der Waals surface area contributed by atoms with Crippen molar-refractivity contribution in [3.8, 4) is 0 Å². The molecular weight excluding hydrogens is 355 g/mol. The summed E-state index contributed by atoms with van der Waals surface area (Å²) in [5, 5.41) is 0. The van der Waals surface area contributed by atoms with Crippen LogP contribution in [0.4, 0.5) is 10.5 Å². The molecule has 0 radical (unpaired) electrons. The van der Waals surface area contributed by atoms with Crippen LogP contribution in [0, 0.1) is 12.8 Å². The van der Waals surface area contributed by atoms with E-state index in [-0.39, 0.29) is 6.09 Å². The number of hydrogen-bond acceptors (Lipinski definition) is 5. The second-order valence-corrected chi connectivity index (χ2v) is 10.4. The molecular formula is C21H31BN2O4. The van der Waals surface area contributed by atoms with Crippen molar-refractivity contribution in [2.24, 2.45) is 5.92 Å². The molecule has 0 bridgehead atoms. The van der Waals surface area contributed by atoms with E-state index in [2.05, 4.69) is 0 Å². The Kier molecular flexibility index (Phi) is 4.19. The van der Waals surface area contributed by atoms with Crippen LogP contribution >= 0.6 is 0 Å². The summed E-state index contributed by atoms with van der Waals surface area (Å²) in [7, 11) is -0.500. The van der Waals surface area contributed by atoms with Gasteiger partial charge in [0.2, 0.25) is 0 Å². The molecule has 0 spiro atoms. The van der Waals surface area contributed by atoms with Crippen LogP contribution < -0.4 is 10.4 Å². The number of rotatable bonds is 1. The zero-order valence-corrected chi connectivity index (χ0v) is 18.3. The highest BCUT2D eigenvalue weighted by Gasteiger charge is 2.54. The summed E-state index contributed by atoms with van der Waals surface area (Å²) in [6.07, 6.45) is 2.63.